The van der Waals surface area contributed by atoms with Gasteiger partial charge in [0.2, 0.25) is 5.95 Å². The third kappa shape index (κ3) is 3.61. The minimum Gasteiger partial charge on any atom is -0.375 e. The maximum absolute atomic E-state index is 12.4. The smallest absolute Gasteiger partial charge is 0.259 e. The van der Waals surface area contributed by atoms with E-state index in [-0.39, 0.29) is 5.91 Å². The third-order valence-corrected chi connectivity index (χ3v) is 6.23. The van der Waals surface area contributed by atoms with Gasteiger partial charge in [0.25, 0.3) is 5.91 Å². The molecule has 11 heteroatoms. The van der Waals surface area contributed by atoms with Crippen LogP contribution in [0.1, 0.15) is 12.0 Å². The number of pyridine rings is 1. The topological polar surface area (TPSA) is 122 Å². The maximum Gasteiger partial charge on any atom is 0.259 e. The fourth-order valence-corrected chi connectivity index (χ4v) is 4.40. The van der Waals surface area contributed by atoms with Gasteiger partial charge in [0.1, 0.15) is 10.7 Å². The number of amides is 1. The molecule has 0 bridgehead atoms. The Balaban J connectivity index is 1.41. The molecule has 1 fully saturated rings. The summed E-state index contributed by atoms with van der Waals surface area (Å²) in [5, 5.41) is 20.8. The number of nitrogens with zero attached hydrogens (tertiary/aromatic N) is 7. The molecule has 32 heavy (non-hydrogen) atoms. The van der Waals surface area contributed by atoms with Gasteiger partial charge in [0.05, 0.1) is 17.6 Å². The first-order chi connectivity index (χ1) is 15.4. The molecule has 0 aliphatic carbocycles. The van der Waals surface area contributed by atoms with Crippen LogP contribution in [0.4, 0.5) is 11.6 Å². The average molecular weight is 449 g/mol. The Morgan fingerprint density at radius 3 is 2.81 bits per heavy atom. The van der Waals surface area contributed by atoms with Crippen LogP contribution in [0.2, 0.25) is 0 Å². The van der Waals surface area contributed by atoms with Crippen LogP contribution in [0.15, 0.2) is 48.5 Å². The van der Waals surface area contributed by atoms with E-state index < -0.39 is 5.60 Å². The van der Waals surface area contributed by atoms with Gasteiger partial charge in [-0.15, -0.1) is 11.3 Å². The fraction of sp³-hybridized carbons (Fsp3) is 0.238. The Morgan fingerprint density at radius 2 is 2.06 bits per heavy atom. The lowest BCUT2D eigenvalue weighted by atomic mass is 9.92. The molecule has 0 unspecified atom stereocenters. The number of aromatic nitrogens is 6. The van der Waals surface area contributed by atoms with Crippen molar-refractivity contribution in [2.45, 2.75) is 12.0 Å². The molecule has 5 rings (SSSR count). The van der Waals surface area contributed by atoms with Crippen molar-refractivity contribution in [1.82, 2.24) is 34.6 Å². The molecule has 0 saturated carbocycles. The van der Waals surface area contributed by atoms with Gasteiger partial charge in [-0.05, 0) is 12.1 Å². The summed E-state index contributed by atoms with van der Waals surface area (Å²) in [6.45, 7) is 0.504. The zero-order valence-corrected chi connectivity index (χ0v) is 18.2. The van der Waals surface area contributed by atoms with E-state index in [0.717, 1.165) is 16.3 Å². The van der Waals surface area contributed by atoms with Crippen molar-refractivity contribution >= 4 is 28.9 Å². The number of hydrogen-bond acceptors (Lipinski definition) is 9. The summed E-state index contributed by atoms with van der Waals surface area (Å²) in [6, 6.07) is 3.57. The van der Waals surface area contributed by atoms with E-state index in [0.29, 0.717) is 35.9 Å². The lowest BCUT2D eigenvalue weighted by Gasteiger charge is -2.21. The molecule has 1 saturated heterocycles. The number of carbonyl (C=O) groups is 1. The second kappa shape index (κ2) is 7.77. The van der Waals surface area contributed by atoms with Gasteiger partial charge in [0, 0.05) is 68.4 Å². The number of likely N-dealkylation sites (tertiary alicyclic amines) is 1. The minimum absolute atomic E-state index is 0.315. The number of likely N-dealkylation sites (N-methyl/N-ethyl adjacent to an activating group) is 1. The zero-order chi connectivity index (χ0) is 22.3. The molecule has 0 radical (unpaired) electrons. The van der Waals surface area contributed by atoms with Gasteiger partial charge < -0.3 is 15.3 Å². The van der Waals surface area contributed by atoms with Crippen LogP contribution < -0.4 is 5.32 Å². The van der Waals surface area contributed by atoms with Crippen molar-refractivity contribution in [3.8, 4) is 22.0 Å². The van der Waals surface area contributed by atoms with Gasteiger partial charge >= 0.3 is 0 Å². The van der Waals surface area contributed by atoms with E-state index in [1.54, 1.807) is 42.5 Å². The van der Waals surface area contributed by atoms with Crippen LogP contribution in [0.25, 0.3) is 22.0 Å². The Labute approximate surface area is 187 Å². The highest BCUT2D eigenvalue weighted by Crippen LogP contribution is 2.35. The monoisotopic (exact) mass is 448 g/mol. The molecule has 4 aromatic heterocycles. The standard InChI is InChI=1S/C21H20N8O2S/c1-28-6-4-21(31,19(28)30)14-7-13(8-22-9-14)17-12-32-18(26-17)16-3-5-23-20(27-16)25-15-10-24-29(2)11-15/h3,5,7-12,31H,4,6H2,1-2H3,(H,23,25,27)/t21-/m1/s1. The number of nitrogens with one attached hydrogen (secondary N) is 1. The Kier molecular flexibility index (Phi) is 4.91. The molecular formula is C21H20N8O2S. The molecular weight excluding hydrogens is 428 g/mol. The van der Waals surface area contributed by atoms with E-state index in [9.17, 15) is 9.90 Å². The molecule has 10 nitrogen and oxygen atoms in total. The van der Waals surface area contributed by atoms with Crippen molar-refractivity contribution < 1.29 is 9.90 Å². The molecule has 5 heterocycles. The molecule has 1 aliphatic rings. The number of aryl methyl sites for hydroxylation is 1. The number of thiazole rings is 1. The predicted octanol–water partition coefficient (Wildman–Crippen LogP) is 2.19. The zero-order valence-electron chi connectivity index (χ0n) is 17.4. The summed E-state index contributed by atoms with van der Waals surface area (Å²) in [5.41, 5.74) is 1.82. The fourth-order valence-electron chi connectivity index (χ4n) is 3.60. The summed E-state index contributed by atoms with van der Waals surface area (Å²) in [5.74, 6) is 0.132. The maximum atomic E-state index is 12.4. The average Bonchev–Trinajstić information content (AvgIpc) is 3.52. The number of rotatable bonds is 5. The summed E-state index contributed by atoms with van der Waals surface area (Å²) < 4.78 is 1.69. The Hall–Kier alpha value is -3.70. The van der Waals surface area contributed by atoms with Crippen LogP contribution in [0, 0.1) is 0 Å². The van der Waals surface area contributed by atoms with E-state index in [1.807, 2.05) is 18.6 Å². The first-order valence-corrected chi connectivity index (χ1v) is 10.8. The lowest BCUT2D eigenvalue weighted by Crippen LogP contribution is -2.36. The van der Waals surface area contributed by atoms with Crippen LogP contribution in [0.3, 0.4) is 0 Å². The van der Waals surface area contributed by atoms with E-state index in [4.69, 9.17) is 4.98 Å². The summed E-state index contributed by atoms with van der Waals surface area (Å²) in [7, 11) is 3.52. The number of hydrogen-bond donors (Lipinski definition) is 2. The van der Waals surface area contributed by atoms with Crippen molar-refractivity contribution in [1.29, 1.82) is 0 Å². The van der Waals surface area contributed by atoms with Gasteiger partial charge in [-0.25, -0.2) is 15.0 Å². The summed E-state index contributed by atoms with van der Waals surface area (Å²) in [6.07, 6.45) is 8.74. The molecule has 4 aromatic rings. The number of carbonyl (C=O) groups excluding carboxylic acids is 1. The van der Waals surface area contributed by atoms with Gasteiger partial charge in [-0.1, -0.05) is 0 Å². The van der Waals surface area contributed by atoms with E-state index in [2.05, 4.69) is 25.4 Å². The normalized spacial score (nSPS) is 18.3. The third-order valence-electron chi connectivity index (χ3n) is 5.36. The number of anilines is 2. The molecule has 1 aliphatic heterocycles. The summed E-state index contributed by atoms with van der Waals surface area (Å²) in [4.78, 5) is 31.7. The SMILES string of the molecule is CN1CC[C@@](O)(c2cncc(-c3csc(-c4ccnc(Nc5cnn(C)c5)n4)n3)c2)C1=O. The van der Waals surface area contributed by atoms with Crippen molar-refractivity contribution in [2.75, 3.05) is 18.9 Å². The Morgan fingerprint density at radius 1 is 1.19 bits per heavy atom. The van der Waals surface area contributed by atoms with Crippen LogP contribution >= 0.6 is 11.3 Å². The highest BCUT2D eigenvalue weighted by atomic mass is 32.1. The van der Waals surface area contributed by atoms with Gasteiger partial charge in [-0.2, -0.15) is 5.10 Å². The highest BCUT2D eigenvalue weighted by Gasteiger charge is 2.45. The van der Waals surface area contributed by atoms with Crippen LogP contribution in [0.5, 0.6) is 0 Å². The minimum atomic E-state index is -1.55. The quantitative estimate of drug-likeness (QED) is 0.476. The first-order valence-electron chi connectivity index (χ1n) is 9.91. The second-order valence-corrected chi connectivity index (χ2v) is 8.49. The second-order valence-electron chi connectivity index (χ2n) is 7.63. The molecule has 0 aromatic carbocycles. The largest absolute Gasteiger partial charge is 0.375 e. The van der Waals surface area contributed by atoms with Crippen molar-refractivity contribution in [3.63, 3.8) is 0 Å². The number of aliphatic hydroxyl groups is 1. The lowest BCUT2D eigenvalue weighted by molar-refractivity contribution is -0.143. The molecule has 2 N–H and O–H groups in total. The summed E-state index contributed by atoms with van der Waals surface area (Å²) >= 11 is 1.44. The molecule has 162 valence electrons. The van der Waals surface area contributed by atoms with Crippen LogP contribution in [-0.4, -0.2) is 59.2 Å². The molecule has 1 atom stereocenters. The molecule has 1 amide bonds. The van der Waals surface area contributed by atoms with Gasteiger partial charge in [-0.3, -0.25) is 14.5 Å². The van der Waals surface area contributed by atoms with E-state index in [1.165, 1.54) is 22.4 Å². The Bertz CT molecular complexity index is 1300. The van der Waals surface area contributed by atoms with Crippen molar-refractivity contribution in [2.24, 2.45) is 7.05 Å². The highest BCUT2D eigenvalue weighted by molar-refractivity contribution is 7.13. The van der Waals surface area contributed by atoms with Crippen molar-refractivity contribution in [3.05, 3.63) is 54.1 Å². The van der Waals surface area contributed by atoms with E-state index >= 15 is 0 Å². The van der Waals surface area contributed by atoms with Crippen LogP contribution in [-0.2, 0) is 17.4 Å². The van der Waals surface area contributed by atoms with Gasteiger partial charge in [0.15, 0.2) is 5.60 Å². The predicted molar refractivity (Wildman–Crippen MR) is 119 cm³/mol. The first kappa shape index (κ1) is 20.2. The molecule has 0 spiro atoms.